The van der Waals surface area contributed by atoms with E-state index in [1.165, 1.54) is 81.3 Å². The maximum atomic E-state index is 17.4. The molecule has 4 aliphatic carbocycles. The Hall–Kier alpha value is -8.21. The van der Waals surface area contributed by atoms with Crippen LogP contribution in [-0.2, 0) is 24.4 Å². The van der Waals surface area contributed by atoms with Crippen molar-refractivity contribution in [2.75, 3.05) is 13.2 Å². The molecule has 0 saturated carbocycles. The maximum Gasteiger partial charge on any atom is 0.348 e. The molecule has 1 aliphatic heterocycles. The van der Waals surface area contributed by atoms with Crippen molar-refractivity contribution in [2.45, 2.75) is 36.5 Å². The van der Waals surface area contributed by atoms with Gasteiger partial charge in [0.1, 0.15) is 5.78 Å². The highest BCUT2D eigenvalue weighted by atomic mass is 31.2. The van der Waals surface area contributed by atoms with Crippen molar-refractivity contribution in [2.24, 2.45) is 0 Å². The lowest BCUT2D eigenvalue weighted by Crippen LogP contribution is -2.55. The zero-order valence-corrected chi connectivity index (χ0v) is 41.0. The van der Waals surface area contributed by atoms with Gasteiger partial charge in [0, 0.05) is 6.04 Å². The van der Waals surface area contributed by atoms with Crippen LogP contribution in [0, 0.1) is 0 Å². The zero-order valence-electron chi connectivity index (χ0n) is 40.1. The van der Waals surface area contributed by atoms with E-state index in [1.54, 1.807) is 237 Å². The van der Waals surface area contributed by atoms with Gasteiger partial charge >= 0.3 is 7.60 Å². The fourth-order valence-electron chi connectivity index (χ4n) is 26.6. The highest BCUT2D eigenvalue weighted by Crippen LogP contribution is 2.89. The molecule has 29 aromatic carbocycles. The Kier molecular flexibility index (Phi) is 2.97. The van der Waals surface area contributed by atoms with E-state index in [9.17, 15) is 0 Å². The minimum absolute atomic E-state index is 0.237. The third kappa shape index (κ3) is 1.77. The number of hydrogen-bond acceptors (Lipinski definition) is 4. The lowest BCUT2D eigenvalue weighted by atomic mass is 9.47. The van der Waals surface area contributed by atoms with E-state index < -0.39 is 24.2 Å². The second-order valence-electron chi connectivity index (χ2n) is 27.2. The van der Waals surface area contributed by atoms with Crippen LogP contribution in [0.25, 0.3) is 291 Å². The minimum Gasteiger partial charge on any atom is -0.308 e. The van der Waals surface area contributed by atoms with Gasteiger partial charge in [-0.3, -0.25) is 9.88 Å². The molecule has 34 rings (SSSR count). The Morgan fingerprint density at radius 2 is 0.506 bits per heavy atom. The average molecular weight is 976 g/mol. The minimum atomic E-state index is -4.01. The van der Waals surface area contributed by atoms with E-state index in [0.29, 0.717) is 13.2 Å². The predicted octanol–water partition coefficient (Wildman–Crippen LogP) is 19.2. The van der Waals surface area contributed by atoms with Gasteiger partial charge in [-0.25, -0.2) is 0 Å². The van der Waals surface area contributed by atoms with Crippen LogP contribution < -0.4 is 5.32 Å². The van der Waals surface area contributed by atoms with Gasteiger partial charge in [0.05, 0.1) is 24.0 Å². The second kappa shape index (κ2) is 7.35. The number of hydrogen-bond donors (Lipinski definition) is 1. The lowest BCUT2D eigenvalue weighted by molar-refractivity contribution is 0.200. The van der Waals surface area contributed by atoms with Gasteiger partial charge in [0.2, 0.25) is 0 Å². The van der Waals surface area contributed by atoms with Gasteiger partial charge in [-0.15, -0.1) is 0 Å². The molecule has 1 saturated heterocycles. The first-order chi connectivity index (χ1) is 38.2. The van der Waals surface area contributed by atoms with Crippen molar-refractivity contribution >= 4 is 298 Å². The SMILES string of the molecule is CCOP(=O)(OCC)[C@@H]1N[C@@H](c2ccccc2)C23c4c5c6c7c8c9c(c%10c%11c2c2c4c4c%12c5c5c6c6c8c8c%13c9c9c%10c%10c%11c%11c2c2c4c4c%12c%12c5c5c6c8c6c8c%13c9c9c%10c%10c%11c2c2c4c4c%12c5c6c5c8c9c%10c2c45)C713. The van der Waals surface area contributed by atoms with Crippen molar-refractivity contribution in [3.05, 3.63) is 58.1 Å². The van der Waals surface area contributed by atoms with E-state index >= 15 is 4.57 Å². The summed E-state index contributed by atoms with van der Waals surface area (Å²) in [5.74, 6) is -0.671. The van der Waals surface area contributed by atoms with Gasteiger partial charge in [0.15, 0.2) is 0 Å². The molecule has 0 bridgehead atoms. The van der Waals surface area contributed by atoms with Crippen LogP contribution in [0.3, 0.4) is 0 Å². The molecule has 0 radical (unpaired) electrons. The van der Waals surface area contributed by atoms with Crippen molar-refractivity contribution in [3.63, 3.8) is 0 Å². The highest BCUT2D eigenvalue weighted by Gasteiger charge is 2.80. The molecule has 77 heavy (non-hydrogen) atoms. The summed E-state index contributed by atoms with van der Waals surface area (Å²) < 4.78 is 31.5. The first-order valence-corrected chi connectivity index (χ1v) is 30.3. The van der Waals surface area contributed by atoms with Crippen molar-refractivity contribution in [1.82, 2.24) is 5.32 Å². The lowest BCUT2D eigenvalue weighted by Gasteiger charge is -2.53. The van der Waals surface area contributed by atoms with Crippen LogP contribution in [-0.4, -0.2) is 19.0 Å². The summed E-state index contributed by atoms with van der Waals surface area (Å²) in [5, 5.41) is 89.2. The molecule has 1 N–H and O–H groups in total. The smallest absolute Gasteiger partial charge is 0.308 e. The molecule has 29 aromatic rings. The molecule has 0 amide bonds. The molecule has 1 fully saturated rings. The maximum absolute atomic E-state index is 17.4. The van der Waals surface area contributed by atoms with Crippen molar-refractivity contribution in [3.8, 4) is 0 Å². The Morgan fingerprint density at radius 1 is 0.312 bits per heavy atom. The van der Waals surface area contributed by atoms with Crippen LogP contribution in [0.15, 0.2) is 30.3 Å². The zero-order chi connectivity index (χ0) is 46.8. The summed E-state index contributed by atoms with van der Waals surface area (Å²) in [6.45, 7) is 4.70. The second-order valence-corrected chi connectivity index (χ2v) is 29.3. The summed E-state index contributed by atoms with van der Waals surface area (Å²) in [4.78, 5) is 0. The average Bonchev–Trinajstić information content (AvgIpc) is 1.53. The van der Waals surface area contributed by atoms with E-state index in [1.807, 2.05) is 13.8 Å². The molecule has 4 nitrogen and oxygen atoms in total. The molecule has 334 valence electrons. The molecule has 5 aliphatic rings. The molecule has 0 unspecified atom stereocenters. The molecule has 2 spiro atoms. The first-order valence-electron chi connectivity index (χ1n) is 28.7. The largest absolute Gasteiger partial charge is 0.348 e. The number of rotatable bonds is 6. The van der Waals surface area contributed by atoms with Gasteiger partial charge in [0.25, 0.3) is 0 Å². The quantitative estimate of drug-likeness (QED) is 0.133. The molecule has 0 aromatic heterocycles. The van der Waals surface area contributed by atoms with E-state index in [4.69, 9.17) is 9.05 Å². The Bertz CT molecular complexity index is 7470. The third-order valence-electron chi connectivity index (χ3n) is 26.7. The number of nitrogens with one attached hydrogen (secondary N) is 1. The van der Waals surface area contributed by atoms with Gasteiger partial charge in [-0.1, -0.05) is 30.3 Å². The van der Waals surface area contributed by atoms with Gasteiger partial charge in [-0.05, 0) is 333 Å². The molecule has 2 atom stereocenters. The first kappa shape index (κ1) is 31.1. The monoisotopic (exact) mass is 975 g/mol. The fraction of sp³-hybridized carbons (Fsp3) is 0.111. The number of benzene rings is 19. The fourth-order valence-corrected chi connectivity index (χ4v) is 29.0. The standard InChI is InChI=1S/C72H18NO3P/c1-3-75-77(74,76-4-2)70-72-67-61-55-45-37-27-19-15-12-11-13-17(19)25-33(27)47(55)53-43-35(25)29-21(13)22-14(11)18-20-16(12)24-23(15)31(37)41-42-32(24)38-28(20)34-26(18)36-30(22)40-39(29)49(43)57-58-50(40)44(36)54-48(34)56-46(38)52(42)64(63(67)51(41)45)68(72)62(56)60(54)66(58)71(72,65(57)59(53)61)69(73-70)10-8-6-5-7-9-10/h5-9,69-70,73H,3-4H2,1-2H3/t69-,70-,71?,72?/m0/s1. The Balaban J connectivity index is 1.12. The van der Waals surface area contributed by atoms with Crippen LogP contribution in [0.4, 0.5) is 0 Å². The third-order valence-corrected chi connectivity index (χ3v) is 29.1. The summed E-state index contributed by atoms with van der Waals surface area (Å²) in [6, 6.07) is 11.3. The van der Waals surface area contributed by atoms with Gasteiger partial charge in [-0.2, -0.15) is 0 Å². The van der Waals surface area contributed by atoms with Crippen LogP contribution in [0.2, 0.25) is 0 Å². The highest BCUT2D eigenvalue weighted by molar-refractivity contribution is 7.54. The summed E-state index contributed by atoms with van der Waals surface area (Å²) in [7, 11) is -4.01. The van der Waals surface area contributed by atoms with Crippen molar-refractivity contribution < 1.29 is 13.6 Å². The Labute approximate surface area is 422 Å². The summed E-state index contributed by atoms with van der Waals surface area (Å²) in [6.07, 6.45) is 0. The van der Waals surface area contributed by atoms with E-state index in [-0.39, 0.29) is 6.04 Å². The summed E-state index contributed by atoms with van der Waals surface area (Å²) in [5.41, 5.74) is 5.77. The molecular formula is C72H18NO3P. The van der Waals surface area contributed by atoms with E-state index in [2.05, 4.69) is 35.6 Å². The van der Waals surface area contributed by atoms with Crippen molar-refractivity contribution in [1.29, 1.82) is 0 Å². The van der Waals surface area contributed by atoms with Crippen LogP contribution >= 0.6 is 7.60 Å². The predicted molar refractivity (Wildman–Crippen MR) is 321 cm³/mol. The molecule has 1 heterocycles. The van der Waals surface area contributed by atoms with Crippen LogP contribution in [0.1, 0.15) is 47.7 Å². The van der Waals surface area contributed by atoms with E-state index in [0.717, 1.165) is 0 Å². The summed E-state index contributed by atoms with van der Waals surface area (Å²) >= 11 is 0. The molecule has 5 heteroatoms. The van der Waals surface area contributed by atoms with Gasteiger partial charge < -0.3 is 9.05 Å². The Morgan fingerprint density at radius 3 is 0.714 bits per heavy atom. The molecular weight excluding hydrogens is 958 g/mol. The normalized spacial score (nSPS) is 23.8. The topological polar surface area (TPSA) is 47.6 Å². The van der Waals surface area contributed by atoms with Crippen LogP contribution in [0.5, 0.6) is 0 Å².